The molecule has 0 radical (unpaired) electrons. The number of aliphatic hydroxyl groups excluding tert-OH is 3. The Bertz CT molecular complexity index is 539. The van der Waals surface area contributed by atoms with E-state index in [9.17, 15) is 20.1 Å². The predicted octanol–water partition coefficient (Wildman–Crippen LogP) is -0.121. The number of carbonyl (C=O) groups excluding carboxylic acids is 1. The molecule has 0 unspecified atom stereocenters. The highest BCUT2D eigenvalue weighted by Gasteiger charge is 2.49. The Kier molecular flexibility index (Phi) is 4.82. The van der Waals surface area contributed by atoms with Crippen LogP contribution in [0, 0.1) is 0 Å². The van der Waals surface area contributed by atoms with Crippen LogP contribution >= 0.6 is 0 Å². The molecule has 2 aliphatic heterocycles. The fraction of sp³-hybridized carbons (Fsp3) is 0.562. The summed E-state index contributed by atoms with van der Waals surface area (Å²) >= 11 is 0. The van der Waals surface area contributed by atoms with E-state index in [0.29, 0.717) is 13.0 Å². The maximum absolute atomic E-state index is 12.3. The Balaban J connectivity index is 1.64. The minimum Gasteiger partial charge on any atom is -0.445 e. The van der Waals surface area contributed by atoms with Crippen molar-refractivity contribution in [1.29, 1.82) is 0 Å². The Morgan fingerprint density at radius 1 is 1.22 bits per heavy atom. The molecule has 2 heterocycles. The van der Waals surface area contributed by atoms with Crippen LogP contribution in [-0.4, -0.2) is 69.9 Å². The van der Waals surface area contributed by atoms with Crippen LogP contribution < -0.4 is 0 Å². The molecule has 23 heavy (non-hydrogen) atoms. The van der Waals surface area contributed by atoms with E-state index in [-0.39, 0.29) is 13.2 Å². The maximum Gasteiger partial charge on any atom is 0.410 e. The Labute approximate surface area is 134 Å². The van der Waals surface area contributed by atoms with Gasteiger partial charge < -0.3 is 24.8 Å². The van der Waals surface area contributed by atoms with Crippen molar-refractivity contribution >= 4 is 6.09 Å². The van der Waals surface area contributed by atoms with Crippen molar-refractivity contribution < 1.29 is 29.6 Å². The lowest BCUT2D eigenvalue weighted by atomic mass is 10.00. The van der Waals surface area contributed by atoms with Gasteiger partial charge in [-0.15, -0.1) is 0 Å². The van der Waals surface area contributed by atoms with E-state index in [2.05, 4.69) is 0 Å². The van der Waals surface area contributed by atoms with Crippen molar-refractivity contribution in [3.8, 4) is 0 Å². The monoisotopic (exact) mass is 323 g/mol. The lowest BCUT2D eigenvalue weighted by Gasteiger charge is -2.31. The van der Waals surface area contributed by atoms with E-state index < -0.39 is 36.6 Å². The van der Waals surface area contributed by atoms with Crippen molar-refractivity contribution in [2.75, 3.05) is 13.2 Å². The number of hydrogen-bond donors (Lipinski definition) is 3. The first-order valence-corrected chi connectivity index (χ1v) is 7.71. The fourth-order valence-electron chi connectivity index (χ4n) is 3.14. The average Bonchev–Trinajstić information content (AvgIpc) is 3.09. The molecule has 2 aliphatic rings. The first-order chi connectivity index (χ1) is 11.1. The van der Waals surface area contributed by atoms with E-state index in [1.165, 1.54) is 4.90 Å². The van der Waals surface area contributed by atoms with Gasteiger partial charge in [0.2, 0.25) is 0 Å². The Hall–Kier alpha value is -1.67. The third-order valence-corrected chi connectivity index (χ3v) is 4.39. The molecule has 3 N–H and O–H groups in total. The summed E-state index contributed by atoms with van der Waals surface area (Å²) in [5, 5.41) is 29.7. The van der Waals surface area contributed by atoms with E-state index >= 15 is 0 Å². The van der Waals surface area contributed by atoms with Crippen LogP contribution in [0.1, 0.15) is 12.0 Å². The molecule has 1 aromatic rings. The zero-order valence-electron chi connectivity index (χ0n) is 12.6. The largest absolute Gasteiger partial charge is 0.445 e. The molecule has 7 heteroatoms. The third-order valence-electron chi connectivity index (χ3n) is 4.39. The third kappa shape index (κ3) is 3.32. The first-order valence-electron chi connectivity index (χ1n) is 7.71. The SMILES string of the molecule is O=C(OCc1ccccc1)N1CC[C@@H](O)[C@@H]1[C@H]1OC[C@H](O)[C@H]1O. The lowest BCUT2D eigenvalue weighted by molar-refractivity contribution is -0.0459. The van der Waals surface area contributed by atoms with Crippen LogP contribution in [0.3, 0.4) is 0 Å². The highest BCUT2D eigenvalue weighted by Crippen LogP contribution is 2.29. The number of nitrogens with zero attached hydrogens (tertiary/aromatic N) is 1. The molecule has 1 amide bonds. The zero-order valence-corrected chi connectivity index (χ0v) is 12.6. The van der Waals surface area contributed by atoms with Crippen LogP contribution in [0.25, 0.3) is 0 Å². The summed E-state index contributed by atoms with van der Waals surface area (Å²) < 4.78 is 10.7. The molecule has 0 saturated carbocycles. The van der Waals surface area contributed by atoms with Crippen molar-refractivity contribution in [3.05, 3.63) is 35.9 Å². The number of aliphatic hydroxyl groups is 3. The number of rotatable bonds is 3. The zero-order chi connectivity index (χ0) is 16.4. The molecule has 2 saturated heterocycles. The summed E-state index contributed by atoms with van der Waals surface area (Å²) in [6, 6.07) is 8.58. The van der Waals surface area contributed by atoms with Crippen LogP contribution in [0.5, 0.6) is 0 Å². The van der Waals surface area contributed by atoms with E-state index in [0.717, 1.165) is 5.56 Å². The molecule has 2 fully saturated rings. The van der Waals surface area contributed by atoms with Crippen LogP contribution in [0.15, 0.2) is 30.3 Å². The van der Waals surface area contributed by atoms with Gasteiger partial charge >= 0.3 is 6.09 Å². The molecule has 0 aromatic heterocycles. The number of ether oxygens (including phenoxy) is 2. The maximum atomic E-state index is 12.3. The molecule has 126 valence electrons. The summed E-state index contributed by atoms with van der Waals surface area (Å²) in [7, 11) is 0. The van der Waals surface area contributed by atoms with Crippen molar-refractivity contribution in [3.63, 3.8) is 0 Å². The molecule has 0 aliphatic carbocycles. The van der Waals surface area contributed by atoms with Gasteiger partial charge in [0.1, 0.15) is 24.9 Å². The second-order valence-corrected chi connectivity index (χ2v) is 5.94. The number of hydrogen-bond acceptors (Lipinski definition) is 6. The molecular weight excluding hydrogens is 302 g/mol. The van der Waals surface area contributed by atoms with Crippen LogP contribution in [-0.2, 0) is 16.1 Å². The van der Waals surface area contributed by atoms with Gasteiger partial charge in [-0.1, -0.05) is 30.3 Å². The van der Waals surface area contributed by atoms with Gasteiger partial charge in [0.05, 0.1) is 18.8 Å². The standard InChI is InChI=1S/C16H21NO6/c18-11-6-7-17(13(11)15-14(20)12(19)9-22-15)16(21)23-8-10-4-2-1-3-5-10/h1-5,11-15,18-20H,6-9H2/t11-,12+,13-,14-,15-/m1/s1. The summed E-state index contributed by atoms with van der Waals surface area (Å²) in [6.07, 6.45) is -3.94. The molecule has 7 nitrogen and oxygen atoms in total. The predicted molar refractivity (Wildman–Crippen MR) is 79.5 cm³/mol. The van der Waals surface area contributed by atoms with Gasteiger partial charge in [-0.2, -0.15) is 0 Å². The lowest BCUT2D eigenvalue weighted by Crippen LogP contribution is -2.52. The summed E-state index contributed by atoms with van der Waals surface area (Å²) in [6.45, 7) is 0.444. The first kappa shape index (κ1) is 16.2. The molecule has 0 bridgehead atoms. The molecule has 0 spiro atoms. The van der Waals surface area contributed by atoms with E-state index in [1.807, 2.05) is 30.3 Å². The summed E-state index contributed by atoms with van der Waals surface area (Å²) in [5.74, 6) is 0. The number of carbonyl (C=O) groups is 1. The summed E-state index contributed by atoms with van der Waals surface area (Å²) in [5.41, 5.74) is 0.865. The smallest absolute Gasteiger partial charge is 0.410 e. The highest BCUT2D eigenvalue weighted by atomic mass is 16.6. The van der Waals surface area contributed by atoms with Gasteiger partial charge in [0.15, 0.2) is 0 Å². The average molecular weight is 323 g/mol. The topological polar surface area (TPSA) is 99.5 Å². The molecule has 3 rings (SSSR count). The Morgan fingerprint density at radius 3 is 2.61 bits per heavy atom. The van der Waals surface area contributed by atoms with E-state index in [1.54, 1.807) is 0 Å². The number of benzene rings is 1. The Morgan fingerprint density at radius 2 is 1.96 bits per heavy atom. The molecule has 5 atom stereocenters. The second-order valence-electron chi connectivity index (χ2n) is 5.94. The van der Waals surface area contributed by atoms with Crippen molar-refractivity contribution in [2.24, 2.45) is 0 Å². The van der Waals surface area contributed by atoms with Crippen molar-refractivity contribution in [1.82, 2.24) is 4.90 Å². The highest BCUT2D eigenvalue weighted by molar-refractivity contribution is 5.68. The van der Waals surface area contributed by atoms with Gasteiger partial charge in [-0.3, -0.25) is 4.90 Å². The van der Waals surface area contributed by atoms with Gasteiger partial charge in [0.25, 0.3) is 0 Å². The van der Waals surface area contributed by atoms with Gasteiger partial charge in [0, 0.05) is 6.54 Å². The molecular formula is C16H21NO6. The number of likely N-dealkylation sites (tertiary alicyclic amines) is 1. The van der Waals surface area contributed by atoms with Gasteiger partial charge in [-0.05, 0) is 12.0 Å². The summed E-state index contributed by atoms with van der Waals surface area (Å²) in [4.78, 5) is 13.7. The van der Waals surface area contributed by atoms with Crippen LogP contribution in [0.2, 0.25) is 0 Å². The minimum absolute atomic E-state index is 0.0119. The molecule has 1 aromatic carbocycles. The fourth-order valence-corrected chi connectivity index (χ4v) is 3.14. The normalized spacial score (nSPS) is 33.9. The van der Waals surface area contributed by atoms with E-state index in [4.69, 9.17) is 9.47 Å². The minimum atomic E-state index is -1.13. The second kappa shape index (κ2) is 6.84. The van der Waals surface area contributed by atoms with Crippen LogP contribution in [0.4, 0.5) is 4.79 Å². The number of amides is 1. The van der Waals surface area contributed by atoms with Crippen molar-refractivity contribution in [2.45, 2.75) is 43.5 Å². The van der Waals surface area contributed by atoms with Gasteiger partial charge in [-0.25, -0.2) is 4.79 Å². The quantitative estimate of drug-likeness (QED) is 0.717.